The summed E-state index contributed by atoms with van der Waals surface area (Å²) in [6.45, 7) is 0. The Morgan fingerprint density at radius 1 is 1.14 bits per heavy atom. The van der Waals surface area contributed by atoms with E-state index in [0.717, 1.165) is 20.3 Å². The summed E-state index contributed by atoms with van der Waals surface area (Å²) >= 11 is 6.74. The molecule has 0 aliphatic rings. The largest absolute Gasteiger partial charge is 0.369 e. The third kappa shape index (κ3) is 1.83. The molecule has 0 bridgehead atoms. The SMILES string of the molecule is Nc1nc(-c2ccc(Br)cc2)c(Br)[nH]1. The highest BCUT2D eigenvalue weighted by Crippen LogP contribution is 2.27. The maximum Gasteiger partial charge on any atom is 0.198 e. The minimum Gasteiger partial charge on any atom is -0.369 e. The van der Waals surface area contributed by atoms with E-state index >= 15 is 0 Å². The van der Waals surface area contributed by atoms with Gasteiger partial charge in [0.15, 0.2) is 5.95 Å². The second kappa shape index (κ2) is 3.74. The Morgan fingerprint density at radius 2 is 1.79 bits per heavy atom. The van der Waals surface area contributed by atoms with Gasteiger partial charge in [-0.15, -0.1) is 0 Å². The smallest absolute Gasteiger partial charge is 0.198 e. The lowest BCUT2D eigenvalue weighted by Gasteiger charge is -1.97. The van der Waals surface area contributed by atoms with Gasteiger partial charge in [-0.05, 0) is 28.1 Å². The van der Waals surface area contributed by atoms with Crippen LogP contribution in [-0.4, -0.2) is 9.97 Å². The number of rotatable bonds is 1. The lowest BCUT2D eigenvalue weighted by Crippen LogP contribution is -1.85. The molecule has 0 saturated carbocycles. The van der Waals surface area contributed by atoms with Crippen molar-refractivity contribution < 1.29 is 0 Å². The highest BCUT2D eigenvalue weighted by atomic mass is 79.9. The number of hydrogen-bond donors (Lipinski definition) is 2. The Bertz CT molecular complexity index is 448. The number of imidazole rings is 1. The topological polar surface area (TPSA) is 54.7 Å². The molecule has 0 amide bonds. The van der Waals surface area contributed by atoms with Gasteiger partial charge in [0.25, 0.3) is 0 Å². The number of benzene rings is 1. The van der Waals surface area contributed by atoms with E-state index in [1.54, 1.807) is 0 Å². The molecule has 0 aliphatic heterocycles. The maximum atomic E-state index is 5.54. The Hall–Kier alpha value is -0.810. The first kappa shape index (κ1) is 9.73. The fourth-order valence-corrected chi connectivity index (χ4v) is 1.95. The molecule has 1 aromatic carbocycles. The van der Waals surface area contributed by atoms with E-state index in [4.69, 9.17) is 5.73 Å². The molecule has 0 saturated heterocycles. The van der Waals surface area contributed by atoms with Crippen LogP contribution in [0.2, 0.25) is 0 Å². The average Bonchev–Trinajstić information content (AvgIpc) is 2.47. The lowest BCUT2D eigenvalue weighted by atomic mass is 10.2. The first-order chi connectivity index (χ1) is 6.66. The normalized spacial score (nSPS) is 10.4. The Balaban J connectivity index is 2.49. The first-order valence-corrected chi connectivity index (χ1v) is 5.52. The van der Waals surface area contributed by atoms with Crippen molar-refractivity contribution in [2.45, 2.75) is 0 Å². The third-order valence-electron chi connectivity index (χ3n) is 1.80. The molecule has 1 heterocycles. The summed E-state index contributed by atoms with van der Waals surface area (Å²) in [4.78, 5) is 7.06. The number of halogens is 2. The zero-order valence-corrected chi connectivity index (χ0v) is 10.3. The number of nitrogen functional groups attached to an aromatic ring is 1. The molecular formula is C9H7Br2N3. The first-order valence-electron chi connectivity index (χ1n) is 3.94. The van der Waals surface area contributed by atoms with Crippen molar-refractivity contribution in [2.75, 3.05) is 5.73 Å². The molecule has 1 aromatic heterocycles. The van der Waals surface area contributed by atoms with Gasteiger partial charge in [-0.1, -0.05) is 28.1 Å². The predicted molar refractivity (Wildman–Crippen MR) is 63.8 cm³/mol. The Morgan fingerprint density at radius 3 is 2.29 bits per heavy atom. The molecule has 0 aliphatic carbocycles. The van der Waals surface area contributed by atoms with E-state index in [2.05, 4.69) is 41.8 Å². The number of hydrogen-bond acceptors (Lipinski definition) is 2. The molecule has 14 heavy (non-hydrogen) atoms. The van der Waals surface area contributed by atoms with Gasteiger partial charge in [0.1, 0.15) is 10.3 Å². The highest BCUT2D eigenvalue weighted by Gasteiger charge is 2.07. The van der Waals surface area contributed by atoms with E-state index in [1.165, 1.54) is 0 Å². The number of nitrogens with zero attached hydrogens (tertiary/aromatic N) is 1. The number of H-pyrrole nitrogens is 1. The van der Waals surface area contributed by atoms with Gasteiger partial charge in [0.2, 0.25) is 0 Å². The van der Waals surface area contributed by atoms with Crippen molar-refractivity contribution in [1.82, 2.24) is 9.97 Å². The minimum atomic E-state index is 0.412. The quantitative estimate of drug-likeness (QED) is 0.849. The van der Waals surface area contributed by atoms with Crippen molar-refractivity contribution in [3.8, 4) is 11.3 Å². The Kier molecular flexibility index (Phi) is 2.60. The summed E-state index contributed by atoms with van der Waals surface area (Å²) in [5.74, 6) is 0.412. The van der Waals surface area contributed by atoms with Crippen LogP contribution in [0.25, 0.3) is 11.3 Å². The van der Waals surface area contributed by atoms with Crippen molar-refractivity contribution in [2.24, 2.45) is 0 Å². The summed E-state index contributed by atoms with van der Waals surface area (Å²) in [5.41, 5.74) is 7.39. The summed E-state index contributed by atoms with van der Waals surface area (Å²) in [6.07, 6.45) is 0. The highest BCUT2D eigenvalue weighted by molar-refractivity contribution is 9.10. The predicted octanol–water partition coefficient (Wildman–Crippen LogP) is 3.18. The zero-order valence-electron chi connectivity index (χ0n) is 7.09. The fourth-order valence-electron chi connectivity index (χ4n) is 1.17. The molecular weight excluding hydrogens is 310 g/mol. The molecule has 0 radical (unpaired) electrons. The molecule has 3 N–H and O–H groups in total. The maximum absolute atomic E-state index is 5.54. The van der Waals surface area contributed by atoms with Gasteiger partial charge < -0.3 is 10.7 Å². The zero-order chi connectivity index (χ0) is 10.1. The van der Waals surface area contributed by atoms with E-state index in [9.17, 15) is 0 Å². The van der Waals surface area contributed by atoms with E-state index in [-0.39, 0.29) is 0 Å². The molecule has 0 fully saturated rings. The Labute approximate surface area is 98.0 Å². The second-order valence-electron chi connectivity index (χ2n) is 2.79. The van der Waals surface area contributed by atoms with Crippen molar-refractivity contribution in [3.05, 3.63) is 33.3 Å². The lowest BCUT2D eigenvalue weighted by molar-refractivity contribution is 1.31. The number of nitrogens with one attached hydrogen (secondary N) is 1. The number of aromatic amines is 1. The molecule has 2 rings (SSSR count). The minimum absolute atomic E-state index is 0.412. The van der Waals surface area contributed by atoms with Gasteiger partial charge in [0.05, 0.1) is 0 Å². The molecule has 5 heteroatoms. The van der Waals surface area contributed by atoms with Gasteiger partial charge in [0, 0.05) is 10.0 Å². The van der Waals surface area contributed by atoms with Crippen molar-refractivity contribution in [1.29, 1.82) is 0 Å². The van der Waals surface area contributed by atoms with E-state index < -0.39 is 0 Å². The van der Waals surface area contributed by atoms with Crippen LogP contribution in [-0.2, 0) is 0 Å². The molecule has 72 valence electrons. The van der Waals surface area contributed by atoms with Gasteiger partial charge in [-0.3, -0.25) is 0 Å². The monoisotopic (exact) mass is 315 g/mol. The van der Waals surface area contributed by atoms with Crippen LogP contribution in [0, 0.1) is 0 Å². The second-order valence-corrected chi connectivity index (χ2v) is 4.50. The summed E-state index contributed by atoms with van der Waals surface area (Å²) in [6, 6.07) is 7.88. The van der Waals surface area contributed by atoms with Gasteiger partial charge >= 0.3 is 0 Å². The number of aromatic nitrogens is 2. The van der Waals surface area contributed by atoms with Crippen molar-refractivity contribution >= 4 is 37.8 Å². The van der Waals surface area contributed by atoms with Crippen LogP contribution in [0.4, 0.5) is 5.95 Å². The van der Waals surface area contributed by atoms with Gasteiger partial charge in [-0.2, -0.15) is 0 Å². The van der Waals surface area contributed by atoms with Crippen LogP contribution >= 0.6 is 31.9 Å². The summed E-state index contributed by atoms with van der Waals surface area (Å²) in [5, 5.41) is 0. The standard InChI is InChI=1S/C9H7Br2N3/c10-6-3-1-5(2-4-6)7-8(11)14-9(12)13-7/h1-4H,(H3,12,13,14). The molecule has 3 nitrogen and oxygen atoms in total. The molecule has 0 atom stereocenters. The van der Waals surface area contributed by atoms with Crippen LogP contribution in [0.15, 0.2) is 33.3 Å². The number of anilines is 1. The molecule has 0 spiro atoms. The van der Waals surface area contributed by atoms with Crippen LogP contribution in [0.5, 0.6) is 0 Å². The van der Waals surface area contributed by atoms with Gasteiger partial charge in [-0.25, -0.2) is 4.98 Å². The average molecular weight is 317 g/mol. The fraction of sp³-hybridized carbons (Fsp3) is 0. The van der Waals surface area contributed by atoms with Crippen LogP contribution in [0.1, 0.15) is 0 Å². The van der Waals surface area contributed by atoms with Crippen LogP contribution in [0.3, 0.4) is 0 Å². The van der Waals surface area contributed by atoms with E-state index in [1.807, 2.05) is 24.3 Å². The summed E-state index contributed by atoms with van der Waals surface area (Å²) < 4.78 is 1.85. The molecule has 0 unspecified atom stereocenters. The summed E-state index contributed by atoms with van der Waals surface area (Å²) in [7, 11) is 0. The molecule has 2 aromatic rings. The van der Waals surface area contributed by atoms with Crippen molar-refractivity contribution in [3.63, 3.8) is 0 Å². The number of nitrogens with two attached hydrogens (primary N) is 1. The van der Waals surface area contributed by atoms with Crippen LogP contribution < -0.4 is 5.73 Å². The van der Waals surface area contributed by atoms with E-state index in [0.29, 0.717) is 5.95 Å². The third-order valence-corrected chi connectivity index (χ3v) is 2.90.